The zero-order valence-corrected chi connectivity index (χ0v) is 10.7. The first-order valence-corrected chi connectivity index (χ1v) is 6.62. The molecule has 1 aliphatic heterocycles. The van der Waals surface area contributed by atoms with E-state index in [1.54, 1.807) is 0 Å². The number of aryl methyl sites for hydroxylation is 2. The summed E-state index contributed by atoms with van der Waals surface area (Å²) in [7, 11) is 0. The number of β-amino-alcohol motifs (C(OH)–C–C–N with tert-alkyl or cyclic N) is 1. The molecule has 0 radical (unpaired) electrons. The fourth-order valence-corrected chi connectivity index (χ4v) is 3.05. The van der Waals surface area contributed by atoms with Gasteiger partial charge in [0.05, 0.1) is 0 Å². The van der Waals surface area contributed by atoms with Crippen molar-refractivity contribution >= 4 is 0 Å². The number of aliphatic hydroxyl groups is 1. The van der Waals surface area contributed by atoms with Gasteiger partial charge in [-0.15, -0.1) is 0 Å². The Hall–Kier alpha value is -0.860. The first-order valence-electron chi connectivity index (χ1n) is 6.62. The Kier molecular flexibility index (Phi) is 2.53. The van der Waals surface area contributed by atoms with Crippen LogP contribution in [0.25, 0.3) is 0 Å². The lowest BCUT2D eigenvalue weighted by atomic mass is 9.90. The van der Waals surface area contributed by atoms with Gasteiger partial charge in [0, 0.05) is 19.1 Å². The van der Waals surface area contributed by atoms with E-state index in [0.717, 1.165) is 31.1 Å². The molecule has 0 aromatic heterocycles. The number of rotatable bonds is 2. The molecule has 0 spiro atoms. The van der Waals surface area contributed by atoms with Crippen molar-refractivity contribution in [2.45, 2.75) is 44.8 Å². The summed E-state index contributed by atoms with van der Waals surface area (Å²) < 4.78 is 0. The largest absolute Gasteiger partial charge is 0.384 e. The summed E-state index contributed by atoms with van der Waals surface area (Å²) in [6.07, 6.45) is 3.53. The molecule has 0 bridgehead atoms. The van der Waals surface area contributed by atoms with E-state index in [1.165, 1.54) is 24.0 Å². The molecule has 2 aliphatic rings. The Labute approximate surface area is 103 Å². The summed E-state index contributed by atoms with van der Waals surface area (Å²) in [6.45, 7) is 6.08. The molecule has 1 aromatic rings. The van der Waals surface area contributed by atoms with Crippen LogP contribution in [0, 0.1) is 13.8 Å². The van der Waals surface area contributed by atoms with Crippen molar-refractivity contribution in [1.82, 2.24) is 4.90 Å². The molecular weight excluding hydrogens is 210 g/mol. The minimum Gasteiger partial charge on any atom is -0.384 e. The van der Waals surface area contributed by atoms with Gasteiger partial charge in [-0.2, -0.15) is 0 Å². The van der Waals surface area contributed by atoms with Crippen LogP contribution in [0.2, 0.25) is 0 Å². The fraction of sp³-hybridized carbons (Fsp3) is 0.600. The zero-order valence-electron chi connectivity index (χ0n) is 10.7. The lowest BCUT2D eigenvalue weighted by molar-refractivity contribution is 0.0451. The lowest BCUT2D eigenvalue weighted by Gasteiger charge is -2.25. The van der Waals surface area contributed by atoms with Gasteiger partial charge in [-0.1, -0.05) is 29.3 Å². The van der Waals surface area contributed by atoms with E-state index >= 15 is 0 Å². The molecule has 1 unspecified atom stereocenters. The van der Waals surface area contributed by atoms with Gasteiger partial charge >= 0.3 is 0 Å². The average Bonchev–Trinajstić information content (AvgIpc) is 3.02. The number of likely N-dealkylation sites (tertiary alicyclic amines) is 1. The van der Waals surface area contributed by atoms with Crippen molar-refractivity contribution in [3.63, 3.8) is 0 Å². The van der Waals surface area contributed by atoms with E-state index in [-0.39, 0.29) is 0 Å². The number of nitrogens with zero attached hydrogens (tertiary/aromatic N) is 1. The molecule has 3 rings (SSSR count). The van der Waals surface area contributed by atoms with E-state index < -0.39 is 5.60 Å². The minimum atomic E-state index is -0.612. The van der Waals surface area contributed by atoms with Crippen molar-refractivity contribution < 1.29 is 5.11 Å². The highest BCUT2D eigenvalue weighted by Crippen LogP contribution is 2.38. The Balaban J connectivity index is 1.86. The van der Waals surface area contributed by atoms with Crippen LogP contribution in [0.3, 0.4) is 0 Å². The van der Waals surface area contributed by atoms with Crippen LogP contribution in [0.15, 0.2) is 18.2 Å². The SMILES string of the molecule is Cc1cc(C)cc(C2(O)CCN(C3CC3)C2)c1. The smallest absolute Gasteiger partial charge is 0.103 e. The average molecular weight is 231 g/mol. The van der Waals surface area contributed by atoms with Crippen molar-refractivity contribution in [3.8, 4) is 0 Å². The molecule has 1 atom stereocenters. The highest BCUT2D eigenvalue weighted by molar-refractivity contribution is 5.33. The predicted molar refractivity (Wildman–Crippen MR) is 69.0 cm³/mol. The molecule has 1 N–H and O–H groups in total. The second-order valence-electron chi connectivity index (χ2n) is 5.86. The second-order valence-corrected chi connectivity index (χ2v) is 5.86. The Morgan fingerprint density at radius 3 is 2.41 bits per heavy atom. The quantitative estimate of drug-likeness (QED) is 0.844. The van der Waals surface area contributed by atoms with Crippen molar-refractivity contribution in [3.05, 3.63) is 34.9 Å². The van der Waals surface area contributed by atoms with Crippen LogP contribution in [-0.4, -0.2) is 29.1 Å². The van der Waals surface area contributed by atoms with Gasteiger partial charge in [0.2, 0.25) is 0 Å². The van der Waals surface area contributed by atoms with Crippen LogP contribution in [0.4, 0.5) is 0 Å². The number of hydrogen-bond acceptors (Lipinski definition) is 2. The third-order valence-electron chi connectivity index (χ3n) is 4.10. The van der Waals surface area contributed by atoms with Crippen molar-refractivity contribution in [2.24, 2.45) is 0 Å². The Bertz CT molecular complexity index is 418. The van der Waals surface area contributed by atoms with Gasteiger partial charge in [0.1, 0.15) is 5.60 Å². The molecule has 1 saturated heterocycles. The molecule has 1 aromatic carbocycles. The predicted octanol–water partition coefficient (Wildman–Crippen LogP) is 2.36. The summed E-state index contributed by atoms with van der Waals surface area (Å²) in [6, 6.07) is 7.21. The molecule has 2 heteroatoms. The van der Waals surface area contributed by atoms with Crippen LogP contribution in [0.1, 0.15) is 36.0 Å². The summed E-state index contributed by atoms with van der Waals surface area (Å²) in [5, 5.41) is 10.8. The number of benzene rings is 1. The fourth-order valence-electron chi connectivity index (χ4n) is 3.05. The molecule has 2 fully saturated rings. The molecule has 1 aliphatic carbocycles. The molecule has 1 heterocycles. The highest BCUT2D eigenvalue weighted by Gasteiger charge is 2.42. The first-order chi connectivity index (χ1) is 8.07. The first kappa shape index (κ1) is 11.2. The van der Waals surface area contributed by atoms with E-state index in [1.807, 2.05) is 0 Å². The zero-order chi connectivity index (χ0) is 12.0. The van der Waals surface area contributed by atoms with E-state index in [0.29, 0.717) is 0 Å². The van der Waals surface area contributed by atoms with Crippen molar-refractivity contribution in [1.29, 1.82) is 0 Å². The summed E-state index contributed by atoms with van der Waals surface area (Å²) in [5.74, 6) is 0. The van der Waals surface area contributed by atoms with Crippen molar-refractivity contribution in [2.75, 3.05) is 13.1 Å². The molecular formula is C15H21NO. The molecule has 0 amide bonds. The monoisotopic (exact) mass is 231 g/mol. The van der Waals surface area contributed by atoms with Gasteiger partial charge in [-0.3, -0.25) is 4.90 Å². The van der Waals surface area contributed by atoms with Gasteiger partial charge in [-0.05, 0) is 38.7 Å². The van der Waals surface area contributed by atoms with E-state index in [4.69, 9.17) is 0 Å². The molecule has 17 heavy (non-hydrogen) atoms. The highest BCUT2D eigenvalue weighted by atomic mass is 16.3. The maximum atomic E-state index is 10.8. The minimum absolute atomic E-state index is 0.612. The summed E-state index contributed by atoms with van der Waals surface area (Å²) in [4.78, 5) is 2.46. The van der Waals surface area contributed by atoms with Crippen LogP contribution < -0.4 is 0 Å². The topological polar surface area (TPSA) is 23.5 Å². The summed E-state index contributed by atoms with van der Waals surface area (Å²) >= 11 is 0. The van der Waals surface area contributed by atoms with Crippen LogP contribution in [-0.2, 0) is 5.60 Å². The van der Waals surface area contributed by atoms with Crippen LogP contribution in [0.5, 0.6) is 0 Å². The van der Waals surface area contributed by atoms with E-state index in [2.05, 4.69) is 36.9 Å². The third kappa shape index (κ3) is 2.12. The third-order valence-corrected chi connectivity index (χ3v) is 4.10. The van der Waals surface area contributed by atoms with Gasteiger partial charge < -0.3 is 5.11 Å². The second kappa shape index (κ2) is 3.82. The Morgan fingerprint density at radius 2 is 1.82 bits per heavy atom. The summed E-state index contributed by atoms with van der Waals surface area (Å²) in [5.41, 5.74) is 2.99. The molecule has 2 nitrogen and oxygen atoms in total. The van der Waals surface area contributed by atoms with Gasteiger partial charge in [0.15, 0.2) is 0 Å². The molecule has 92 valence electrons. The van der Waals surface area contributed by atoms with Gasteiger partial charge in [-0.25, -0.2) is 0 Å². The standard InChI is InChI=1S/C15H21NO/c1-11-7-12(2)9-13(8-11)15(17)5-6-16(10-15)14-3-4-14/h7-9,14,17H,3-6,10H2,1-2H3. The number of hydrogen-bond donors (Lipinski definition) is 1. The molecule has 1 saturated carbocycles. The van der Waals surface area contributed by atoms with Crippen LogP contribution >= 0.6 is 0 Å². The maximum absolute atomic E-state index is 10.8. The Morgan fingerprint density at radius 1 is 1.18 bits per heavy atom. The van der Waals surface area contributed by atoms with Gasteiger partial charge in [0.25, 0.3) is 0 Å². The maximum Gasteiger partial charge on any atom is 0.103 e. The lowest BCUT2D eigenvalue weighted by Crippen LogP contribution is -2.32. The van der Waals surface area contributed by atoms with E-state index in [9.17, 15) is 5.11 Å². The normalized spacial score (nSPS) is 29.8.